The summed E-state index contributed by atoms with van der Waals surface area (Å²) in [6.45, 7) is 5.34. The summed E-state index contributed by atoms with van der Waals surface area (Å²) in [6, 6.07) is 15.0. The van der Waals surface area contributed by atoms with Crippen LogP contribution < -0.4 is 0 Å². The number of carbonyl (C=O) groups is 2. The van der Waals surface area contributed by atoms with Crippen LogP contribution in [0.15, 0.2) is 53.1 Å². The maximum absolute atomic E-state index is 12.2. The molecular formula is C22H25F3N2O4. The fraction of sp³-hybridized carbons (Fsp3) is 0.455. The van der Waals surface area contributed by atoms with Crippen molar-refractivity contribution in [3.8, 4) is 0 Å². The van der Waals surface area contributed by atoms with E-state index in [0.717, 1.165) is 44.8 Å². The molecule has 168 valence electrons. The van der Waals surface area contributed by atoms with Crippen LogP contribution in [0.3, 0.4) is 0 Å². The van der Waals surface area contributed by atoms with Gasteiger partial charge in [0.05, 0.1) is 18.8 Å². The summed E-state index contributed by atoms with van der Waals surface area (Å²) in [5.74, 6) is -1.57. The molecule has 1 aromatic heterocycles. The third-order valence-electron chi connectivity index (χ3n) is 6.07. The van der Waals surface area contributed by atoms with Gasteiger partial charge in [0.2, 0.25) is 5.91 Å². The second kappa shape index (κ2) is 9.13. The van der Waals surface area contributed by atoms with Crippen molar-refractivity contribution in [3.05, 3.63) is 60.1 Å². The molecule has 2 aliphatic rings. The van der Waals surface area contributed by atoms with Crippen LogP contribution in [-0.2, 0) is 21.5 Å². The van der Waals surface area contributed by atoms with Crippen LogP contribution in [0.1, 0.15) is 31.1 Å². The van der Waals surface area contributed by atoms with Gasteiger partial charge in [-0.1, -0.05) is 30.3 Å². The molecule has 0 radical (unpaired) electrons. The molecule has 3 heterocycles. The molecule has 6 nitrogen and oxygen atoms in total. The molecule has 2 unspecified atom stereocenters. The molecule has 1 amide bonds. The van der Waals surface area contributed by atoms with Crippen molar-refractivity contribution in [2.24, 2.45) is 0 Å². The molecule has 1 N–H and O–H groups in total. The van der Waals surface area contributed by atoms with E-state index in [1.807, 2.05) is 12.1 Å². The Morgan fingerprint density at radius 1 is 1.13 bits per heavy atom. The van der Waals surface area contributed by atoms with Gasteiger partial charge in [-0.25, -0.2) is 4.79 Å². The average Bonchev–Trinajstić information content (AvgIpc) is 3.36. The van der Waals surface area contributed by atoms with E-state index in [2.05, 4.69) is 40.1 Å². The first kappa shape index (κ1) is 22.9. The zero-order chi connectivity index (χ0) is 22.6. The molecule has 2 aliphatic heterocycles. The highest BCUT2D eigenvalue weighted by molar-refractivity contribution is 5.74. The monoisotopic (exact) mass is 438 g/mol. The van der Waals surface area contributed by atoms with E-state index in [1.165, 1.54) is 5.56 Å². The topological polar surface area (TPSA) is 74.0 Å². The van der Waals surface area contributed by atoms with Crippen molar-refractivity contribution in [3.63, 3.8) is 0 Å². The Hall–Kier alpha value is -2.81. The highest BCUT2D eigenvalue weighted by atomic mass is 19.4. The number of aliphatic carboxylic acids is 1. The Bertz CT molecular complexity index is 886. The van der Waals surface area contributed by atoms with E-state index in [1.54, 1.807) is 13.2 Å². The average molecular weight is 438 g/mol. The van der Waals surface area contributed by atoms with Crippen LogP contribution in [0, 0.1) is 0 Å². The fourth-order valence-electron chi connectivity index (χ4n) is 4.59. The Kier molecular flexibility index (Phi) is 6.74. The Morgan fingerprint density at radius 2 is 1.77 bits per heavy atom. The van der Waals surface area contributed by atoms with E-state index < -0.39 is 12.1 Å². The number of alkyl halides is 3. The van der Waals surface area contributed by atoms with Crippen molar-refractivity contribution in [1.82, 2.24) is 9.80 Å². The van der Waals surface area contributed by atoms with E-state index in [-0.39, 0.29) is 17.4 Å². The lowest BCUT2D eigenvalue weighted by atomic mass is 9.69. The van der Waals surface area contributed by atoms with Crippen molar-refractivity contribution < 1.29 is 32.3 Å². The third kappa shape index (κ3) is 5.10. The summed E-state index contributed by atoms with van der Waals surface area (Å²) in [6.07, 6.45) is -1.20. The van der Waals surface area contributed by atoms with Gasteiger partial charge in [-0.05, 0) is 37.1 Å². The largest absolute Gasteiger partial charge is 0.490 e. The smallest absolute Gasteiger partial charge is 0.475 e. The first-order valence-corrected chi connectivity index (χ1v) is 10.0. The van der Waals surface area contributed by atoms with Gasteiger partial charge in [-0.2, -0.15) is 13.2 Å². The third-order valence-corrected chi connectivity index (χ3v) is 6.07. The quantitative estimate of drug-likeness (QED) is 0.792. The Morgan fingerprint density at radius 3 is 2.32 bits per heavy atom. The van der Waals surface area contributed by atoms with Crippen molar-refractivity contribution >= 4 is 11.9 Å². The Balaban J connectivity index is 0.000000339. The number of amides is 1. The molecule has 0 spiro atoms. The second-order valence-electron chi connectivity index (χ2n) is 7.87. The normalized spacial score (nSPS) is 23.6. The molecule has 31 heavy (non-hydrogen) atoms. The lowest BCUT2D eigenvalue weighted by molar-refractivity contribution is -0.192. The minimum Gasteiger partial charge on any atom is -0.475 e. The lowest BCUT2D eigenvalue weighted by Gasteiger charge is -2.46. The number of hydrogen-bond acceptors (Lipinski definition) is 4. The van der Waals surface area contributed by atoms with Gasteiger partial charge in [0.15, 0.2) is 0 Å². The lowest BCUT2D eigenvalue weighted by Crippen LogP contribution is -2.56. The standard InChI is InChI=1S/C20H24N2O2.C2HF3O2/c1-16(23)22-12-10-20(17-6-3-2-4-7-17)9-11-21(15-19(20)22)14-18-8-5-13-24-18;3-2(4,5)1(6)7/h2-8,13,19H,9-12,14-15H2,1H3;(H,6,7). The molecule has 2 saturated heterocycles. The zero-order valence-corrected chi connectivity index (χ0v) is 17.1. The number of carboxylic acids is 1. The molecule has 2 aromatic rings. The van der Waals surface area contributed by atoms with Crippen LogP contribution in [0.2, 0.25) is 0 Å². The number of piperidine rings is 1. The van der Waals surface area contributed by atoms with E-state index >= 15 is 0 Å². The van der Waals surface area contributed by atoms with Crippen LogP contribution in [0.4, 0.5) is 13.2 Å². The van der Waals surface area contributed by atoms with Gasteiger partial charge in [-0.3, -0.25) is 9.69 Å². The summed E-state index contributed by atoms with van der Waals surface area (Å²) < 4.78 is 37.2. The predicted octanol–water partition coefficient (Wildman–Crippen LogP) is 3.68. The SMILES string of the molecule is CC(=O)N1CCC2(c3ccccc3)CCN(Cc3ccco3)CC12.O=C(O)C(F)(F)F. The van der Waals surface area contributed by atoms with Crippen molar-refractivity contribution in [1.29, 1.82) is 0 Å². The number of fused-ring (bicyclic) bond motifs is 1. The summed E-state index contributed by atoms with van der Waals surface area (Å²) in [7, 11) is 0. The van der Waals surface area contributed by atoms with Crippen molar-refractivity contribution in [2.75, 3.05) is 19.6 Å². The first-order valence-electron chi connectivity index (χ1n) is 10.0. The van der Waals surface area contributed by atoms with Gasteiger partial charge in [0, 0.05) is 25.4 Å². The van der Waals surface area contributed by atoms with Gasteiger partial charge in [-0.15, -0.1) is 0 Å². The minimum atomic E-state index is -5.08. The molecule has 2 fully saturated rings. The fourth-order valence-corrected chi connectivity index (χ4v) is 4.59. The number of furan rings is 1. The summed E-state index contributed by atoms with van der Waals surface area (Å²) in [5, 5.41) is 7.12. The summed E-state index contributed by atoms with van der Waals surface area (Å²) in [5.41, 5.74) is 1.49. The Labute approximate surface area is 178 Å². The maximum Gasteiger partial charge on any atom is 0.490 e. The van der Waals surface area contributed by atoms with Gasteiger partial charge < -0.3 is 14.4 Å². The van der Waals surface area contributed by atoms with Gasteiger partial charge in [0.1, 0.15) is 5.76 Å². The number of carbonyl (C=O) groups excluding carboxylic acids is 1. The molecule has 1 aromatic carbocycles. The van der Waals surface area contributed by atoms with E-state index in [9.17, 15) is 18.0 Å². The zero-order valence-electron chi connectivity index (χ0n) is 17.1. The second-order valence-corrected chi connectivity index (χ2v) is 7.87. The van der Waals surface area contributed by atoms with Crippen molar-refractivity contribution in [2.45, 2.75) is 43.9 Å². The predicted molar refractivity (Wildman–Crippen MR) is 106 cm³/mol. The minimum absolute atomic E-state index is 0.104. The number of rotatable bonds is 3. The van der Waals surface area contributed by atoms with Gasteiger partial charge in [0.25, 0.3) is 0 Å². The molecule has 0 saturated carbocycles. The van der Waals surface area contributed by atoms with Crippen LogP contribution in [0.5, 0.6) is 0 Å². The first-order chi connectivity index (χ1) is 14.6. The molecule has 0 bridgehead atoms. The molecule has 0 aliphatic carbocycles. The molecular weight excluding hydrogens is 413 g/mol. The molecule has 4 rings (SSSR count). The van der Waals surface area contributed by atoms with E-state index in [4.69, 9.17) is 14.3 Å². The maximum atomic E-state index is 12.2. The number of halogens is 3. The van der Waals surface area contributed by atoms with Crippen LogP contribution in [0.25, 0.3) is 0 Å². The van der Waals surface area contributed by atoms with E-state index in [0.29, 0.717) is 0 Å². The highest BCUT2D eigenvalue weighted by Crippen LogP contribution is 2.46. The number of benzene rings is 1. The summed E-state index contributed by atoms with van der Waals surface area (Å²) in [4.78, 5) is 25.6. The molecule has 9 heteroatoms. The summed E-state index contributed by atoms with van der Waals surface area (Å²) >= 11 is 0. The number of hydrogen-bond donors (Lipinski definition) is 1. The number of likely N-dealkylation sites (tertiary alicyclic amines) is 2. The van der Waals surface area contributed by atoms with Gasteiger partial charge >= 0.3 is 12.1 Å². The number of nitrogens with zero attached hydrogens (tertiary/aromatic N) is 2. The molecule has 2 atom stereocenters. The van der Waals surface area contributed by atoms with Crippen LogP contribution in [-0.4, -0.2) is 58.6 Å². The van der Waals surface area contributed by atoms with Crippen LogP contribution >= 0.6 is 0 Å². The number of carboxylic acid groups (broad SMARTS) is 1. The highest BCUT2D eigenvalue weighted by Gasteiger charge is 2.51.